The van der Waals surface area contributed by atoms with E-state index in [9.17, 15) is 14.4 Å². The molecule has 2 aromatic carbocycles. The summed E-state index contributed by atoms with van der Waals surface area (Å²) in [5.41, 5.74) is 2.65. The van der Waals surface area contributed by atoms with Crippen molar-refractivity contribution in [2.45, 2.75) is 26.5 Å². The van der Waals surface area contributed by atoms with E-state index in [0.717, 1.165) is 27.8 Å². The van der Waals surface area contributed by atoms with Crippen LogP contribution in [0.4, 0.5) is 4.79 Å². The minimum absolute atomic E-state index is 0.164. The Balaban J connectivity index is 1.84. The van der Waals surface area contributed by atoms with Gasteiger partial charge in [0, 0.05) is 0 Å². The van der Waals surface area contributed by atoms with E-state index in [1.165, 1.54) is 27.2 Å². The number of amides is 2. The Morgan fingerprint density at radius 1 is 1.22 bits per heavy atom. The van der Waals surface area contributed by atoms with Crippen LogP contribution in [-0.4, -0.2) is 42.3 Å². The third-order valence-electron chi connectivity index (χ3n) is 4.77. The average molecular weight is 476 g/mol. The molecule has 1 aliphatic heterocycles. The molecule has 1 saturated heterocycles. The summed E-state index contributed by atoms with van der Waals surface area (Å²) < 4.78 is 15.9. The Kier molecular flexibility index (Phi) is 7.48. The predicted octanol–water partition coefficient (Wildman–Crippen LogP) is 4.83. The molecule has 0 aromatic heterocycles. The number of benzene rings is 2. The molecule has 168 valence electrons. The van der Waals surface area contributed by atoms with Crippen LogP contribution >= 0.6 is 23.4 Å². The van der Waals surface area contributed by atoms with Crippen LogP contribution in [0.1, 0.15) is 23.6 Å². The van der Waals surface area contributed by atoms with Crippen LogP contribution in [-0.2, 0) is 20.9 Å². The van der Waals surface area contributed by atoms with E-state index in [2.05, 4.69) is 4.74 Å². The van der Waals surface area contributed by atoms with Gasteiger partial charge in [-0.3, -0.25) is 14.5 Å². The van der Waals surface area contributed by atoms with Gasteiger partial charge in [-0.1, -0.05) is 41.4 Å². The van der Waals surface area contributed by atoms with Gasteiger partial charge >= 0.3 is 5.97 Å². The maximum Gasteiger partial charge on any atom is 0.328 e. The zero-order valence-corrected chi connectivity index (χ0v) is 19.6. The Bertz CT molecular complexity index is 1100. The summed E-state index contributed by atoms with van der Waals surface area (Å²) in [7, 11) is 2.69. The molecule has 1 aliphatic rings. The highest BCUT2D eigenvalue weighted by Crippen LogP contribution is 2.39. The topological polar surface area (TPSA) is 82.1 Å². The summed E-state index contributed by atoms with van der Waals surface area (Å²) in [6, 6.07) is 10.2. The SMILES string of the molecule is COC(=O)[C@H](C)N1C(=O)S/C(=C/c2cc(Cl)c(OCc3cccc(C)c3)c(OC)c2)C1=O. The van der Waals surface area contributed by atoms with Gasteiger partial charge < -0.3 is 14.2 Å². The zero-order chi connectivity index (χ0) is 23.4. The fourth-order valence-electron chi connectivity index (χ4n) is 3.16. The second-order valence-corrected chi connectivity index (χ2v) is 8.46. The number of halogens is 1. The largest absolute Gasteiger partial charge is 0.493 e. The second kappa shape index (κ2) is 10.1. The predicted molar refractivity (Wildman–Crippen MR) is 123 cm³/mol. The zero-order valence-electron chi connectivity index (χ0n) is 18.0. The van der Waals surface area contributed by atoms with Crippen LogP contribution < -0.4 is 9.47 Å². The van der Waals surface area contributed by atoms with E-state index in [4.69, 9.17) is 21.1 Å². The van der Waals surface area contributed by atoms with E-state index in [-0.39, 0.29) is 4.91 Å². The van der Waals surface area contributed by atoms with Crippen LogP contribution in [0.25, 0.3) is 6.08 Å². The first-order valence-electron chi connectivity index (χ1n) is 9.66. The molecule has 0 bridgehead atoms. The number of carbonyl (C=O) groups is 3. The minimum atomic E-state index is -1.02. The van der Waals surface area contributed by atoms with Crippen LogP contribution in [0.2, 0.25) is 5.02 Å². The summed E-state index contributed by atoms with van der Waals surface area (Å²) in [4.78, 5) is 37.8. The molecule has 0 radical (unpaired) electrons. The molecule has 3 rings (SSSR count). The molecule has 1 heterocycles. The van der Waals surface area contributed by atoms with Gasteiger partial charge in [0.2, 0.25) is 0 Å². The molecule has 32 heavy (non-hydrogen) atoms. The summed E-state index contributed by atoms with van der Waals surface area (Å²) in [6.07, 6.45) is 1.52. The van der Waals surface area contributed by atoms with Crippen molar-refractivity contribution < 1.29 is 28.6 Å². The monoisotopic (exact) mass is 475 g/mol. The van der Waals surface area contributed by atoms with E-state index in [0.29, 0.717) is 28.7 Å². The first-order chi connectivity index (χ1) is 15.2. The summed E-state index contributed by atoms with van der Waals surface area (Å²) in [5, 5.41) is -0.249. The lowest BCUT2D eigenvalue weighted by Crippen LogP contribution is -2.42. The van der Waals surface area contributed by atoms with Crippen molar-refractivity contribution in [3.63, 3.8) is 0 Å². The van der Waals surface area contributed by atoms with Crippen molar-refractivity contribution in [2.75, 3.05) is 14.2 Å². The van der Waals surface area contributed by atoms with Crippen LogP contribution in [0, 0.1) is 6.92 Å². The van der Waals surface area contributed by atoms with Gasteiger partial charge in [-0.2, -0.15) is 0 Å². The third-order valence-corrected chi connectivity index (χ3v) is 5.93. The quantitative estimate of drug-likeness (QED) is 0.418. The van der Waals surface area contributed by atoms with Gasteiger partial charge in [0.1, 0.15) is 12.6 Å². The van der Waals surface area contributed by atoms with Crippen molar-refractivity contribution in [3.05, 3.63) is 63.0 Å². The standard InChI is InChI=1S/C23H22ClNO6S/c1-13-6-5-7-15(8-13)12-31-20-17(24)9-16(10-18(20)29-3)11-19-21(26)25(23(28)32-19)14(2)22(27)30-4/h5-11,14H,12H2,1-4H3/b19-11+/t14-/m0/s1. The molecular formula is C23H22ClNO6S. The maximum absolute atomic E-state index is 12.7. The summed E-state index contributed by atoms with van der Waals surface area (Å²) in [6.45, 7) is 3.74. The van der Waals surface area contributed by atoms with Gasteiger partial charge in [-0.05, 0) is 54.9 Å². The van der Waals surface area contributed by atoms with Crippen molar-refractivity contribution in [3.8, 4) is 11.5 Å². The van der Waals surface area contributed by atoms with Gasteiger partial charge in [0.05, 0.1) is 24.1 Å². The lowest BCUT2D eigenvalue weighted by Gasteiger charge is -2.18. The number of hydrogen-bond donors (Lipinski definition) is 0. The van der Waals surface area contributed by atoms with E-state index in [1.54, 1.807) is 12.1 Å². The van der Waals surface area contributed by atoms with Gasteiger partial charge in [0.25, 0.3) is 11.1 Å². The van der Waals surface area contributed by atoms with Crippen molar-refractivity contribution in [1.29, 1.82) is 0 Å². The molecule has 1 fully saturated rings. The van der Waals surface area contributed by atoms with Crippen LogP contribution in [0.15, 0.2) is 41.3 Å². The maximum atomic E-state index is 12.7. The highest BCUT2D eigenvalue weighted by molar-refractivity contribution is 8.18. The number of imide groups is 1. The number of aryl methyl sites for hydroxylation is 1. The molecule has 0 spiro atoms. The van der Waals surface area contributed by atoms with E-state index in [1.807, 2.05) is 31.2 Å². The number of esters is 1. The van der Waals surface area contributed by atoms with Crippen LogP contribution in [0.5, 0.6) is 11.5 Å². The molecule has 2 amide bonds. The first-order valence-corrected chi connectivity index (χ1v) is 10.9. The molecule has 0 aliphatic carbocycles. The molecule has 0 saturated carbocycles. The average Bonchev–Trinajstić information content (AvgIpc) is 3.04. The van der Waals surface area contributed by atoms with Crippen molar-refractivity contribution >= 4 is 46.6 Å². The molecule has 0 N–H and O–H groups in total. The molecule has 0 unspecified atom stereocenters. The number of rotatable bonds is 7. The molecule has 9 heteroatoms. The first kappa shape index (κ1) is 23.7. The number of thioether (sulfide) groups is 1. The summed E-state index contributed by atoms with van der Waals surface area (Å²) >= 11 is 7.18. The van der Waals surface area contributed by atoms with Crippen molar-refractivity contribution in [1.82, 2.24) is 4.90 Å². The fourth-order valence-corrected chi connectivity index (χ4v) is 4.34. The lowest BCUT2D eigenvalue weighted by atomic mass is 10.1. The van der Waals surface area contributed by atoms with Crippen molar-refractivity contribution in [2.24, 2.45) is 0 Å². The smallest absolute Gasteiger partial charge is 0.328 e. The van der Waals surface area contributed by atoms with Crippen LogP contribution in [0.3, 0.4) is 0 Å². The lowest BCUT2D eigenvalue weighted by molar-refractivity contribution is -0.148. The number of carbonyl (C=O) groups excluding carboxylic acids is 3. The van der Waals surface area contributed by atoms with E-state index < -0.39 is 23.2 Å². The van der Waals surface area contributed by atoms with Gasteiger partial charge in [-0.15, -0.1) is 0 Å². The van der Waals surface area contributed by atoms with Gasteiger partial charge in [-0.25, -0.2) is 4.79 Å². The number of nitrogens with zero attached hydrogens (tertiary/aromatic N) is 1. The highest BCUT2D eigenvalue weighted by atomic mass is 35.5. The second-order valence-electron chi connectivity index (χ2n) is 7.06. The third kappa shape index (κ3) is 5.08. The fraction of sp³-hybridized carbons (Fsp3) is 0.261. The summed E-state index contributed by atoms with van der Waals surface area (Å²) in [5.74, 6) is -0.486. The molecule has 2 aromatic rings. The number of methoxy groups -OCH3 is 2. The van der Waals surface area contributed by atoms with E-state index >= 15 is 0 Å². The molecular weight excluding hydrogens is 454 g/mol. The number of hydrogen-bond acceptors (Lipinski definition) is 7. The Morgan fingerprint density at radius 3 is 2.62 bits per heavy atom. The molecule has 7 nitrogen and oxygen atoms in total. The highest BCUT2D eigenvalue weighted by Gasteiger charge is 2.41. The number of ether oxygens (including phenoxy) is 3. The Hall–Kier alpha value is -2.97. The Morgan fingerprint density at radius 2 is 1.97 bits per heavy atom. The minimum Gasteiger partial charge on any atom is -0.493 e. The molecule has 1 atom stereocenters. The Labute approximate surface area is 195 Å². The normalized spacial score (nSPS) is 15.8. The van der Waals surface area contributed by atoms with Gasteiger partial charge in [0.15, 0.2) is 11.5 Å².